The van der Waals surface area contributed by atoms with Crippen molar-refractivity contribution in [2.24, 2.45) is 5.92 Å². The van der Waals surface area contributed by atoms with E-state index in [1.54, 1.807) is 4.90 Å². The fraction of sp³-hybridized carbons (Fsp3) is 0.654. The van der Waals surface area contributed by atoms with Crippen molar-refractivity contribution in [3.63, 3.8) is 0 Å². The maximum absolute atomic E-state index is 13.8. The molecule has 1 aromatic rings. The second-order valence-corrected chi connectivity index (χ2v) is 9.55. The molecule has 3 aliphatic heterocycles. The summed E-state index contributed by atoms with van der Waals surface area (Å²) in [5.74, 6) is 0.0759. The molecule has 4 bridgehead atoms. The molecule has 4 aliphatic rings. The third-order valence-corrected chi connectivity index (χ3v) is 7.20. The largest absolute Gasteiger partial charge is 0.494 e. The molecule has 5 rings (SSSR count). The lowest BCUT2D eigenvalue weighted by Crippen LogP contribution is -2.55. The standard InChI is InChI=1S/C26H36N2O6/c1-32-26(31)22-16-21-17-28(22)25(30)24(19-6-3-2-4-7-19)27-23(29)13-10-18-8-11-20(12-9-18)33-14-5-15-34-21/h8-9,11-12,19,21-22,24H,2-7,10,13-17H2,1H3,(H,27,29)/t21-,22+,24+/m1/s1. The lowest BCUT2D eigenvalue weighted by atomic mass is 9.83. The fourth-order valence-electron chi connectivity index (χ4n) is 5.30. The van der Waals surface area contributed by atoms with Crippen molar-refractivity contribution in [1.82, 2.24) is 10.2 Å². The van der Waals surface area contributed by atoms with E-state index in [2.05, 4.69) is 5.32 Å². The zero-order valence-corrected chi connectivity index (χ0v) is 20.0. The highest BCUT2D eigenvalue weighted by atomic mass is 16.5. The van der Waals surface area contributed by atoms with Gasteiger partial charge in [-0.1, -0.05) is 31.4 Å². The number of hydrogen-bond acceptors (Lipinski definition) is 6. The van der Waals surface area contributed by atoms with Crippen LogP contribution < -0.4 is 10.1 Å². The van der Waals surface area contributed by atoms with Crippen LogP contribution in [0.15, 0.2) is 24.3 Å². The first-order valence-corrected chi connectivity index (χ1v) is 12.6. The minimum atomic E-state index is -0.695. The van der Waals surface area contributed by atoms with Crippen molar-refractivity contribution in [2.45, 2.75) is 76.0 Å². The van der Waals surface area contributed by atoms with Crippen LogP contribution in [-0.4, -0.2) is 67.7 Å². The summed E-state index contributed by atoms with van der Waals surface area (Å²) in [6, 6.07) is 6.45. The number of ether oxygens (including phenoxy) is 3. The van der Waals surface area contributed by atoms with E-state index < -0.39 is 18.1 Å². The van der Waals surface area contributed by atoms with Crippen molar-refractivity contribution < 1.29 is 28.6 Å². The number of benzene rings is 1. The second kappa shape index (κ2) is 11.7. The summed E-state index contributed by atoms with van der Waals surface area (Å²) in [7, 11) is 1.34. The number of aryl methyl sites for hydroxylation is 1. The predicted molar refractivity (Wildman–Crippen MR) is 125 cm³/mol. The molecule has 1 aliphatic carbocycles. The molecule has 186 valence electrons. The number of amides is 2. The zero-order valence-electron chi connectivity index (χ0n) is 20.0. The van der Waals surface area contributed by atoms with Crippen LogP contribution in [0.4, 0.5) is 0 Å². The van der Waals surface area contributed by atoms with Gasteiger partial charge in [0.1, 0.15) is 17.8 Å². The Kier molecular flexibility index (Phi) is 8.43. The second-order valence-electron chi connectivity index (χ2n) is 9.55. The number of carbonyl (C=O) groups is 3. The first kappa shape index (κ1) is 24.5. The topological polar surface area (TPSA) is 94.2 Å². The Labute approximate surface area is 201 Å². The Balaban J connectivity index is 1.56. The quantitative estimate of drug-likeness (QED) is 0.665. The molecule has 8 nitrogen and oxygen atoms in total. The summed E-state index contributed by atoms with van der Waals surface area (Å²) >= 11 is 0. The molecule has 2 amide bonds. The van der Waals surface area contributed by atoms with Gasteiger partial charge in [0.25, 0.3) is 0 Å². The van der Waals surface area contributed by atoms with Gasteiger partial charge in [-0.25, -0.2) is 4.79 Å². The highest BCUT2D eigenvalue weighted by Gasteiger charge is 2.44. The van der Waals surface area contributed by atoms with Crippen molar-refractivity contribution in [2.75, 3.05) is 26.9 Å². The lowest BCUT2D eigenvalue weighted by molar-refractivity contribution is -0.152. The van der Waals surface area contributed by atoms with Crippen LogP contribution in [0.3, 0.4) is 0 Å². The van der Waals surface area contributed by atoms with Crippen molar-refractivity contribution >= 4 is 17.8 Å². The van der Waals surface area contributed by atoms with Crippen molar-refractivity contribution in [1.29, 1.82) is 0 Å². The average Bonchev–Trinajstić information content (AvgIpc) is 3.30. The van der Waals surface area contributed by atoms with Gasteiger partial charge < -0.3 is 24.4 Å². The molecule has 1 aromatic carbocycles. The molecule has 1 saturated carbocycles. The molecule has 8 heteroatoms. The minimum absolute atomic E-state index is 0.0745. The van der Waals surface area contributed by atoms with Crippen LogP contribution in [0.5, 0.6) is 5.75 Å². The first-order chi connectivity index (χ1) is 16.5. The summed E-state index contributed by atoms with van der Waals surface area (Å²) in [6.07, 6.45) is 6.76. The highest BCUT2D eigenvalue weighted by molar-refractivity contribution is 5.91. The van der Waals surface area contributed by atoms with Crippen LogP contribution in [-0.2, 0) is 30.3 Å². The van der Waals surface area contributed by atoms with Gasteiger partial charge in [0.15, 0.2) is 0 Å². The molecule has 3 atom stereocenters. The Morgan fingerprint density at radius 2 is 1.79 bits per heavy atom. The van der Waals surface area contributed by atoms with E-state index in [1.807, 2.05) is 24.3 Å². The van der Waals surface area contributed by atoms with Gasteiger partial charge >= 0.3 is 5.97 Å². The average molecular weight is 473 g/mol. The molecule has 1 N–H and O–H groups in total. The van der Waals surface area contributed by atoms with Gasteiger partial charge in [0.05, 0.1) is 26.4 Å². The van der Waals surface area contributed by atoms with E-state index >= 15 is 0 Å². The van der Waals surface area contributed by atoms with Crippen LogP contribution >= 0.6 is 0 Å². The lowest BCUT2D eigenvalue weighted by Gasteiger charge is -2.34. The SMILES string of the molecule is COC(=O)[C@@H]1C[C@@H]2CN1C(=O)[C@H](C1CCCCC1)NC(=O)CCc1ccc(cc1)OCCCO2. The molecule has 2 fully saturated rings. The van der Waals surface area contributed by atoms with Crippen molar-refractivity contribution in [3.8, 4) is 5.75 Å². The summed E-state index contributed by atoms with van der Waals surface area (Å²) < 4.78 is 16.8. The van der Waals surface area contributed by atoms with Gasteiger partial charge in [0, 0.05) is 25.8 Å². The normalized spacial score (nSPS) is 27.4. The van der Waals surface area contributed by atoms with Crippen LogP contribution in [0, 0.1) is 5.92 Å². The number of carbonyl (C=O) groups excluding carboxylic acids is 3. The third kappa shape index (κ3) is 6.09. The maximum atomic E-state index is 13.8. The van der Waals surface area contributed by atoms with Gasteiger partial charge in [-0.15, -0.1) is 0 Å². The predicted octanol–water partition coefficient (Wildman–Crippen LogP) is 2.63. The van der Waals surface area contributed by atoms with Gasteiger partial charge in [-0.2, -0.15) is 0 Å². The monoisotopic (exact) mass is 472 g/mol. The number of rotatable bonds is 2. The summed E-state index contributed by atoms with van der Waals surface area (Å²) in [5, 5.41) is 3.04. The van der Waals surface area contributed by atoms with E-state index in [9.17, 15) is 14.4 Å². The molecule has 34 heavy (non-hydrogen) atoms. The summed E-state index contributed by atoms with van der Waals surface area (Å²) in [4.78, 5) is 40.8. The van der Waals surface area contributed by atoms with Crippen LogP contribution in [0.1, 0.15) is 56.9 Å². The van der Waals surface area contributed by atoms with E-state index in [4.69, 9.17) is 14.2 Å². The van der Waals surface area contributed by atoms with E-state index in [0.29, 0.717) is 45.4 Å². The number of fused-ring (bicyclic) bond motifs is 11. The molecule has 0 radical (unpaired) electrons. The Morgan fingerprint density at radius 1 is 1.03 bits per heavy atom. The molecular weight excluding hydrogens is 436 g/mol. The number of hydrogen-bond donors (Lipinski definition) is 1. The maximum Gasteiger partial charge on any atom is 0.328 e. The van der Waals surface area contributed by atoms with E-state index in [1.165, 1.54) is 7.11 Å². The van der Waals surface area contributed by atoms with Gasteiger partial charge in [-0.05, 0) is 42.9 Å². The summed E-state index contributed by atoms with van der Waals surface area (Å²) in [6.45, 7) is 1.31. The van der Waals surface area contributed by atoms with Crippen LogP contribution in [0.2, 0.25) is 0 Å². The molecule has 3 heterocycles. The molecule has 0 unspecified atom stereocenters. The van der Waals surface area contributed by atoms with Crippen LogP contribution in [0.25, 0.3) is 0 Å². The van der Waals surface area contributed by atoms with E-state index in [0.717, 1.165) is 43.4 Å². The van der Waals surface area contributed by atoms with Crippen molar-refractivity contribution in [3.05, 3.63) is 29.8 Å². The first-order valence-electron chi connectivity index (χ1n) is 12.6. The number of methoxy groups -OCH3 is 1. The molecular formula is C26H36N2O6. The molecule has 0 aromatic heterocycles. The van der Waals surface area contributed by atoms with E-state index in [-0.39, 0.29) is 23.8 Å². The molecule has 1 saturated heterocycles. The third-order valence-electron chi connectivity index (χ3n) is 7.20. The fourth-order valence-corrected chi connectivity index (χ4v) is 5.30. The Morgan fingerprint density at radius 3 is 2.53 bits per heavy atom. The Bertz CT molecular complexity index is 851. The molecule has 0 spiro atoms. The number of nitrogens with zero attached hydrogens (tertiary/aromatic N) is 1. The van der Waals surface area contributed by atoms with Gasteiger partial charge in [0.2, 0.25) is 11.8 Å². The zero-order chi connectivity index (χ0) is 23.9. The smallest absolute Gasteiger partial charge is 0.328 e. The highest BCUT2D eigenvalue weighted by Crippen LogP contribution is 2.30. The van der Waals surface area contributed by atoms with Gasteiger partial charge in [-0.3, -0.25) is 9.59 Å². The Hall–Kier alpha value is -2.61. The number of nitrogens with one attached hydrogen (secondary N) is 1. The minimum Gasteiger partial charge on any atom is -0.494 e. The number of esters is 1. The summed E-state index contributed by atoms with van der Waals surface area (Å²) in [5.41, 5.74) is 1.04.